The predicted molar refractivity (Wildman–Crippen MR) is 110 cm³/mol. The summed E-state index contributed by atoms with van der Waals surface area (Å²) >= 11 is 0. The Labute approximate surface area is 162 Å². The van der Waals surface area contributed by atoms with Crippen LogP contribution in [0.2, 0.25) is 0 Å². The number of hydrogen-bond acceptors (Lipinski definition) is 4. The zero-order valence-corrected chi connectivity index (χ0v) is 16.5. The van der Waals surface area contributed by atoms with Crippen LogP contribution >= 0.6 is 0 Å². The van der Waals surface area contributed by atoms with Crippen LogP contribution in [-0.4, -0.2) is 25.7 Å². The Kier molecular flexibility index (Phi) is 8.65. The van der Waals surface area contributed by atoms with Gasteiger partial charge in [-0.1, -0.05) is 37.6 Å². The molecule has 0 aromatic heterocycles. The van der Waals surface area contributed by atoms with E-state index in [1.54, 1.807) is 0 Å². The molecule has 0 aliphatic heterocycles. The zero-order chi connectivity index (χ0) is 19.5. The molecule has 146 valence electrons. The Morgan fingerprint density at radius 1 is 1.04 bits per heavy atom. The number of amides is 1. The summed E-state index contributed by atoms with van der Waals surface area (Å²) in [6.45, 7) is 8.32. The van der Waals surface area contributed by atoms with Gasteiger partial charge in [-0.3, -0.25) is 4.79 Å². The Hall–Kier alpha value is -2.53. The SMILES string of the molecule is CCCCNCc1ccc(OCC(=O)Nc2ccccc2C)c(OCC)c1. The average molecular weight is 370 g/mol. The molecule has 0 aliphatic rings. The van der Waals surface area contributed by atoms with E-state index < -0.39 is 0 Å². The molecule has 27 heavy (non-hydrogen) atoms. The molecule has 0 unspecified atom stereocenters. The summed E-state index contributed by atoms with van der Waals surface area (Å²) in [5.74, 6) is 1.04. The predicted octanol–water partition coefficient (Wildman–Crippen LogP) is 4.30. The maximum atomic E-state index is 12.2. The number of carbonyl (C=O) groups excluding carboxylic acids is 1. The molecule has 0 aliphatic carbocycles. The number of anilines is 1. The summed E-state index contributed by atoms with van der Waals surface area (Å²) in [6.07, 6.45) is 2.34. The number of rotatable bonds is 11. The number of nitrogens with one attached hydrogen (secondary N) is 2. The topological polar surface area (TPSA) is 59.6 Å². The van der Waals surface area contributed by atoms with Gasteiger partial charge >= 0.3 is 0 Å². The van der Waals surface area contributed by atoms with Crippen LogP contribution in [0.15, 0.2) is 42.5 Å². The lowest BCUT2D eigenvalue weighted by molar-refractivity contribution is -0.118. The number of para-hydroxylation sites is 1. The fraction of sp³-hybridized carbons (Fsp3) is 0.409. The molecular formula is C22H30N2O3. The lowest BCUT2D eigenvalue weighted by Crippen LogP contribution is -2.21. The highest BCUT2D eigenvalue weighted by molar-refractivity contribution is 5.92. The minimum absolute atomic E-state index is 0.0670. The van der Waals surface area contributed by atoms with E-state index in [9.17, 15) is 4.79 Å². The molecule has 2 N–H and O–H groups in total. The molecule has 2 aromatic carbocycles. The second-order valence-electron chi connectivity index (χ2n) is 6.40. The molecule has 0 heterocycles. The van der Waals surface area contributed by atoms with Crippen molar-refractivity contribution >= 4 is 11.6 Å². The third kappa shape index (κ3) is 6.94. The van der Waals surface area contributed by atoms with E-state index >= 15 is 0 Å². The fourth-order valence-electron chi connectivity index (χ4n) is 2.63. The maximum Gasteiger partial charge on any atom is 0.262 e. The van der Waals surface area contributed by atoms with Crippen LogP contribution in [0.1, 0.15) is 37.8 Å². The van der Waals surface area contributed by atoms with Crippen molar-refractivity contribution in [2.75, 3.05) is 25.1 Å². The third-order valence-electron chi connectivity index (χ3n) is 4.12. The molecule has 0 saturated carbocycles. The van der Waals surface area contributed by atoms with Gasteiger partial charge in [0.2, 0.25) is 0 Å². The van der Waals surface area contributed by atoms with E-state index in [-0.39, 0.29) is 12.5 Å². The minimum Gasteiger partial charge on any atom is -0.490 e. The maximum absolute atomic E-state index is 12.2. The molecule has 1 amide bonds. The van der Waals surface area contributed by atoms with E-state index in [1.807, 2.05) is 56.3 Å². The van der Waals surface area contributed by atoms with Crippen LogP contribution in [0.5, 0.6) is 11.5 Å². The smallest absolute Gasteiger partial charge is 0.262 e. The summed E-state index contributed by atoms with van der Waals surface area (Å²) in [5.41, 5.74) is 2.94. The second-order valence-corrected chi connectivity index (χ2v) is 6.40. The van der Waals surface area contributed by atoms with E-state index in [0.29, 0.717) is 18.1 Å². The van der Waals surface area contributed by atoms with Crippen LogP contribution in [-0.2, 0) is 11.3 Å². The molecular weight excluding hydrogens is 340 g/mol. The first kappa shape index (κ1) is 20.8. The minimum atomic E-state index is -0.197. The van der Waals surface area contributed by atoms with Gasteiger partial charge < -0.3 is 20.1 Å². The molecule has 0 saturated heterocycles. The first-order valence-corrected chi connectivity index (χ1v) is 9.58. The quantitative estimate of drug-likeness (QED) is 0.579. The van der Waals surface area contributed by atoms with Crippen molar-refractivity contribution in [2.45, 2.75) is 40.2 Å². The normalized spacial score (nSPS) is 10.5. The van der Waals surface area contributed by atoms with Crippen molar-refractivity contribution in [3.8, 4) is 11.5 Å². The summed E-state index contributed by atoms with van der Waals surface area (Å²) in [6, 6.07) is 13.5. The number of carbonyl (C=O) groups is 1. The van der Waals surface area contributed by atoms with Crippen LogP contribution in [0.25, 0.3) is 0 Å². The first-order chi connectivity index (χ1) is 13.1. The zero-order valence-electron chi connectivity index (χ0n) is 16.5. The van der Waals surface area contributed by atoms with Crippen molar-refractivity contribution in [1.29, 1.82) is 0 Å². The highest BCUT2D eigenvalue weighted by Crippen LogP contribution is 2.28. The number of hydrogen-bond donors (Lipinski definition) is 2. The summed E-state index contributed by atoms with van der Waals surface area (Å²) in [4.78, 5) is 12.2. The molecule has 0 fully saturated rings. The highest BCUT2D eigenvalue weighted by atomic mass is 16.5. The molecule has 0 radical (unpaired) electrons. The lowest BCUT2D eigenvalue weighted by atomic mass is 10.2. The van der Waals surface area contributed by atoms with Crippen molar-refractivity contribution in [1.82, 2.24) is 5.32 Å². The Bertz CT molecular complexity index is 731. The molecule has 0 atom stereocenters. The van der Waals surface area contributed by atoms with Crippen molar-refractivity contribution in [3.05, 3.63) is 53.6 Å². The first-order valence-electron chi connectivity index (χ1n) is 9.58. The second kappa shape index (κ2) is 11.2. The monoisotopic (exact) mass is 370 g/mol. The largest absolute Gasteiger partial charge is 0.490 e. The fourth-order valence-corrected chi connectivity index (χ4v) is 2.63. The van der Waals surface area contributed by atoms with Gasteiger partial charge in [0.05, 0.1) is 6.61 Å². The number of unbranched alkanes of at least 4 members (excludes halogenated alkanes) is 1. The van der Waals surface area contributed by atoms with Crippen LogP contribution < -0.4 is 20.1 Å². The number of ether oxygens (including phenoxy) is 2. The summed E-state index contributed by atoms with van der Waals surface area (Å²) < 4.78 is 11.4. The van der Waals surface area contributed by atoms with Crippen LogP contribution in [0.3, 0.4) is 0 Å². The van der Waals surface area contributed by atoms with Crippen molar-refractivity contribution in [2.24, 2.45) is 0 Å². The van der Waals surface area contributed by atoms with Gasteiger partial charge in [0.15, 0.2) is 18.1 Å². The lowest BCUT2D eigenvalue weighted by Gasteiger charge is -2.14. The number of benzene rings is 2. The summed E-state index contributed by atoms with van der Waals surface area (Å²) in [7, 11) is 0. The molecule has 5 nitrogen and oxygen atoms in total. The van der Waals surface area contributed by atoms with Gasteiger partial charge in [-0.15, -0.1) is 0 Å². The van der Waals surface area contributed by atoms with Gasteiger partial charge in [0.1, 0.15) is 0 Å². The van der Waals surface area contributed by atoms with E-state index in [0.717, 1.165) is 36.3 Å². The van der Waals surface area contributed by atoms with Crippen molar-refractivity contribution in [3.63, 3.8) is 0 Å². The van der Waals surface area contributed by atoms with Crippen LogP contribution in [0, 0.1) is 6.92 Å². The molecule has 0 spiro atoms. The van der Waals surface area contributed by atoms with E-state index in [2.05, 4.69) is 17.6 Å². The van der Waals surface area contributed by atoms with Gasteiger partial charge in [-0.2, -0.15) is 0 Å². The molecule has 2 rings (SSSR count). The average Bonchev–Trinajstić information content (AvgIpc) is 2.67. The molecule has 5 heteroatoms. The van der Waals surface area contributed by atoms with Gasteiger partial charge in [-0.25, -0.2) is 0 Å². The van der Waals surface area contributed by atoms with E-state index in [1.165, 1.54) is 6.42 Å². The van der Waals surface area contributed by atoms with Gasteiger partial charge in [0.25, 0.3) is 5.91 Å². The third-order valence-corrected chi connectivity index (χ3v) is 4.12. The number of aryl methyl sites for hydroxylation is 1. The standard InChI is InChI=1S/C22H30N2O3/c1-4-6-13-23-15-18-11-12-20(21(14-18)26-5-2)27-16-22(25)24-19-10-8-7-9-17(19)3/h7-12,14,23H,4-6,13,15-16H2,1-3H3,(H,24,25). The Morgan fingerprint density at radius 2 is 1.85 bits per heavy atom. The van der Waals surface area contributed by atoms with Crippen molar-refractivity contribution < 1.29 is 14.3 Å². The van der Waals surface area contributed by atoms with Crippen LogP contribution in [0.4, 0.5) is 5.69 Å². The van der Waals surface area contributed by atoms with Gasteiger partial charge in [0, 0.05) is 12.2 Å². The molecule has 0 bridgehead atoms. The Morgan fingerprint density at radius 3 is 2.59 bits per heavy atom. The molecule has 2 aromatic rings. The Balaban J connectivity index is 1.94. The summed E-state index contributed by atoms with van der Waals surface area (Å²) in [5, 5.41) is 6.28. The van der Waals surface area contributed by atoms with E-state index in [4.69, 9.17) is 9.47 Å². The highest BCUT2D eigenvalue weighted by Gasteiger charge is 2.10. The van der Waals surface area contributed by atoms with Gasteiger partial charge in [-0.05, 0) is 56.1 Å².